The summed E-state index contributed by atoms with van der Waals surface area (Å²) in [6, 6.07) is 0. The van der Waals surface area contributed by atoms with Gasteiger partial charge in [0.25, 0.3) is 0 Å². The van der Waals surface area contributed by atoms with Crippen LogP contribution in [0.5, 0.6) is 0 Å². The normalized spacial score (nSPS) is 15.8. The van der Waals surface area contributed by atoms with Crippen LogP contribution in [-0.4, -0.2) is 5.38 Å². The van der Waals surface area contributed by atoms with Crippen molar-refractivity contribution < 1.29 is 0 Å². The Bertz CT molecular complexity index is 49.5. The molecule has 0 spiro atoms. The predicted octanol–water partition coefficient (Wildman–Crippen LogP) is 2.06. The van der Waals surface area contributed by atoms with E-state index in [1.54, 1.807) is 11.5 Å². The highest BCUT2D eigenvalue weighted by atomic mass is 35.5. The van der Waals surface area contributed by atoms with E-state index in [1.165, 1.54) is 0 Å². The largest absolute Gasteiger partial charge is 0.152 e. The predicted molar refractivity (Wildman–Crippen MR) is 33.4 cm³/mol. The minimum Gasteiger partial charge on any atom is -0.152 e. The first-order chi connectivity index (χ1) is 2.77. The number of thiol groups is 1. The maximum absolute atomic E-state index is 5.44. The van der Waals surface area contributed by atoms with E-state index in [4.69, 9.17) is 11.6 Å². The summed E-state index contributed by atoms with van der Waals surface area (Å²) >= 11 is 9.24. The van der Waals surface area contributed by atoms with Gasteiger partial charge in [-0.1, -0.05) is 6.08 Å². The molecule has 0 radical (unpaired) electrons. The van der Waals surface area contributed by atoms with Crippen LogP contribution in [0.1, 0.15) is 6.92 Å². The molecule has 2 heteroatoms. The van der Waals surface area contributed by atoms with Crippen molar-refractivity contribution in [2.75, 3.05) is 0 Å². The van der Waals surface area contributed by atoms with Crippen molar-refractivity contribution in [1.29, 1.82) is 0 Å². The first-order valence-corrected chi connectivity index (χ1v) is 2.67. The third-order valence-electron chi connectivity index (χ3n) is 0.351. The molecule has 0 aliphatic heterocycles. The average molecular weight is 123 g/mol. The number of hydrogen-bond acceptors (Lipinski definition) is 1. The van der Waals surface area contributed by atoms with Gasteiger partial charge in [0.2, 0.25) is 0 Å². The fourth-order valence-electron chi connectivity index (χ4n) is 0.119. The molecule has 0 heterocycles. The van der Waals surface area contributed by atoms with Gasteiger partial charge in [-0.2, -0.15) is 12.6 Å². The van der Waals surface area contributed by atoms with E-state index < -0.39 is 0 Å². The van der Waals surface area contributed by atoms with Crippen LogP contribution in [0.3, 0.4) is 0 Å². The molecule has 0 aliphatic carbocycles. The van der Waals surface area contributed by atoms with Gasteiger partial charge in [-0.25, -0.2) is 0 Å². The smallest absolute Gasteiger partial charge is 0.0495 e. The van der Waals surface area contributed by atoms with Crippen molar-refractivity contribution in [1.82, 2.24) is 0 Å². The second-order valence-corrected chi connectivity index (χ2v) is 2.01. The molecule has 0 nitrogen and oxygen atoms in total. The highest BCUT2D eigenvalue weighted by Gasteiger charge is 1.80. The van der Waals surface area contributed by atoms with E-state index >= 15 is 0 Å². The summed E-state index contributed by atoms with van der Waals surface area (Å²) in [4.78, 5) is 0. The van der Waals surface area contributed by atoms with Crippen LogP contribution in [0.25, 0.3) is 0 Å². The first-order valence-electron chi connectivity index (χ1n) is 1.72. The Kier molecular flexibility index (Phi) is 3.79. The SMILES string of the molecule is CC(Cl)C=CS. The lowest BCUT2D eigenvalue weighted by Crippen LogP contribution is -1.76. The number of rotatable bonds is 1. The summed E-state index contributed by atoms with van der Waals surface area (Å²) in [5, 5.41) is 1.75. The second-order valence-electron chi connectivity index (χ2n) is 1.02. The lowest BCUT2D eigenvalue weighted by Gasteiger charge is -1.83. The molecular formula is C4H7ClS. The molecule has 0 saturated heterocycles. The molecule has 36 valence electrons. The van der Waals surface area contributed by atoms with Gasteiger partial charge in [0, 0.05) is 5.38 Å². The van der Waals surface area contributed by atoms with E-state index in [-0.39, 0.29) is 5.38 Å². The molecule has 1 unspecified atom stereocenters. The highest BCUT2D eigenvalue weighted by molar-refractivity contribution is 7.83. The second kappa shape index (κ2) is 3.57. The number of halogens is 1. The minimum atomic E-state index is 0.113. The molecule has 0 amide bonds. The standard InChI is InChI=1S/C4H7ClS/c1-4(5)2-3-6/h2-4,6H,1H3. The monoisotopic (exact) mass is 122 g/mol. The summed E-state index contributed by atoms with van der Waals surface area (Å²) < 4.78 is 0. The van der Waals surface area contributed by atoms with Crippen LogP contribution in [0.2, 0.25) is 0 Å². The highest BCUT2D eigenvalue weighted by Crippen LogP contribution is 1.94. The van der Waals surface area contributed by atoms with Gasteiger partial charge in [-0.3, -0.25) is 0 Å². The minimum absolute atomic E-state index is 0.113. The zero-order chi connectivity index (χ0) is 4.99. The Morgan fingerprint density at radius 3 is 2.33 bits per heavy atom. The molecule has 1 atom stereocenters. The average Bonchev–Trinajstić information content (AvgIpc) is 1.35. The summed E-state index contributed by atoms with van der Waals surface area (Å²) in [6.45, 7) is 1.88. The van der Waals surface area contributed by atoms with E-state index in [0.29, 0.717) is 0 Å². The zero-order valence-corrected chi connectivity index (χ0v) is 5.21. The topological polar surface area (TPSA) is 0 Å². The number of hydrogen-bond donors (Lipinski definition) is 1. The van der Waals surface area contributed by atoms with Crippen LogP contribution >= 0.6 is 24.2 Å². The van der Waals surface area contributed by atoms with Crippen molar-refractivity contribution in [2.45, 2.75) is 12.3 Å². The number of allylic oxidation sites excluding steroid dienone is 1. The van der Waals surface area contributed by atoms with Crippen LogP contribution in [0.15, 0.2) is 11.5 Å². The first kappa shape index (κ1) is 6.38. The van der Waals surface area contributed by atoms with E-state index in [9.17, 15) is 0 Å². The molecule has 6 heavy (non-hydrogen) atoms. The fraction of sp³-hybridized carbons (Fsp3) is 0.500. The Balaban J connectivity index is 3.03. The fourth-order valence-corrected chi connectivity index (χ4v) is 0.551. The lowest BCUT2D eigenvalue weighted by molar-refractivity contribution is 1.24. The summed E-state index contributed by atoms with van der Waals surface area (Å²) in [5.41, 5.74) is 0. The van der Waals surface area contributed by atoms with E-state index in [2.05, 4.69) is 12.6 Å². The molecule has 0 fully saturated rings. The molecule has 0 aromatic heterocycles. The van der Waals surface area contributed by atoms with Crippen LogP contribution in [-0.2, 0) is 0 Å². The van der Waals surface area contributed by atoms with Crippen LogP contribution in [0, 0.1) is 0 Å². The lowest BCUT2D eigenvalue weighted by atomic mass is 10.5. The maximum Gasteiger partial charge on any atom is 0.0495 e. The third kappa shape index (κ3) is 4.38. The summed E-state index contributed by atoms with van der Waals surface area (Å²) in [6.07, 6.45) is 1.80. The van der Waals surface area contributed by atoms with Gasteiger partial charge in [0.15, 0.2) is 0 Å². The van der Waals surface area contributed by atoms with Crippen molar-refractivity contribution in [2.24, 2.45) is 0 Å². The van der Waals surface area contributed by atoms with Gasteiger partial charge >= 0.3 is 0 Å². The summed E-state index contributed by atoms with van der Waals surface area (Å²) in [5.74, 6) is 0. The Morgan fingerprint density at radius 1 is 1.83 bits per heavy atom. The molecule has 0 aliphatic rings. The molecule has 0 aromatic carbocycles. The molecule has 0 rings (SSSR count). The molecule has 0 N–H and O–H groups in total. The number of alkyl halides is 1. The van der Waals surface area contributed by atoms with Crippen molar-refractivity contribution >= 4 is 24.2 Å². The van der Waals surface area contributed by atoms with Crippen molar-refractivity contribution in [3.63, 3.8) is 0 Å². The van der Waals surface area contributed by atoms with Gasteiger partial charge < -0.3 is 0 Å². The third-order valence-corrected chi connectivity index (χ3v) is 0.669. The molecule has 0 bridgehead atoms. The van der Waals surface area contributed by atoms with Crippen molar-refractivity contribution in [3.8, 4) is 0 Å². The Morgan fingerprint density at radius 2 is 2.33 bits per heavy atom. The van der Waals surface area contributed by atoms with Crippen LogP contribution in [0.4, 0.5) is 0 Å². The molecule has 0 saturated carbocycles. The van der Waals surface area contributed by atoms with Gasteiger partial charge in [-0.15, -0.1) is 11.6 Å². The zero-order valence-electron chi connectivity index (χ0n) is 3.56. The molecule has 0 aromatic rings. The van der Waals surface area contributed by atoms with Crippen molar-refractivity contribution in [3.05, 3.63) is 11.5 Å². The summed E-state index contributed by atoms with van der Waals surface area (Å²) in [7, 11) is 0. The van der Waals surface area contributed by atoms with Crippen LogP contribution < -0.4 is 0 Å². The van der Waals surface area contributed by atoms with E-state index in [0.717, 1.165) is 0 Å². The Labute approximate surface area is 48.6 Å². The van der Waals surface area contributed by atoms with Gasteiger partial charge in [0.1, 0.15) is 0 Å². The Hall–Kier alpha value is 0.380. The molecular weight excluding hydrogens is 116 g/mol. The van der Waals surface area contributed by atoms with E-state index in [1.807, 2.05) is 6.92 Å². The van der Waals surface area contributed by atoms with Gasteiger partial charge in [0.05, 0.1) is 0 Å². The maximum atomic E-state index is 5.44. The van der Waals surface area contributed by atoms with Gasteiger partial charge in [-0.05, 0) is 12.3 Å². The quantitative estimate of drug-likeness (QED) is 0.400.